The molecule has 10 nitrogen and oxygen atoms in total. The minimum atomic E-state index is -3.06. The number of alkyl halides is 2. The quantitative estimate of drug-likeness (QED) is 0.340. The van der Waals surface area contributed by atoms with Crippen molar-refractivity contribution in [2.45, 2.75) is 13.2 Å². The van der Waals surface area contributed by atoms with Crippen LogP contribution in [-0.4, -0.2) is 65.3 Å². The normalized spacial score (nSPS) is 13.8. The minimum Gasteiger partial charge on any atom is -0.465 e. The molecular formula is C26H25F2N5O5. The van der Waals surface area contributed by atoms with Crippen LogP contribution in [0.4, 0.5) is 14.7 Å². The Morgan fingerprint density at radius 2 is 1.82 bits per heavy atom. The van der Waals surface area contributed by atoms with Crippen LogP contribution in [0.2, 0.25) is 0 Å². The number of carbonyl (C=O) groups excluding carboxylic acids is 1. The van der Waals surface area contributed by atoms with Gasteiger partial charge in [0.05, 0.1) is 43.3 Å². The van der Waals surface area contributed by atoms with E-state index in [1.54, 1.807) is 30.2 Å². The summed E-state index contributed by atoms with van der Waals surface area (Å²) in [6, 6.07) is 9.39. The van der Waals surface area contributed by atoms with Gasteiger partial charge < -0.3 is 19.1 Å². The van der Waals surface area contributed by atoms with E-state index in [4.69, 9.17) is 9.47 Å². The summed E-state index contributed by atoms with van der Waals surface area (Å²) in [4.78, 5) is 36.1. The molecule has 0 saturated carbocycles. The molecule has 2 aromatic heterocycles. The molecule has 1 fully saturated rings. The molecule has 0 radical (unpaired) electrons. The molecule has 0 atom stereocenters. The van der Waals surface area contributed by atoms with E-state index in [9.17, 15) is 18.4 Å². The average molecular weight is 526 g/mol. The maximum absolute atomic E-state index is 13.1. The first kappa shape index (κ1) is 25.3. The lowest BCUT2D eigenvalue weighted by molar-refractivity contribution is -0.0505. The fourth-order valence-corrected chi connectivity index (χ4v) is 4.46. The lowest BCUT2D eigenvalue weighted by Gasteiger charge is -2.26. The number of fused-ring (bicyclic) bond motifs is 1. The van der Waals surface area contributed by atoms with Crippen molar-refractivity contribution in [1.29, 1.82) is 0 Å². The molecule has 4 aromatic rings. The number of aromatic nitrogens is 4. The zero-order valence-electron chi connectivity index (χ0n) is 20.8. The number of halogens is 2. The SMILES string of the molecule is COC(=O)c1ccc(OC(F)F)c(Cn2c3cc(-c4cnc(N5CCOCC5)nc4)ccc3c(=O)n2C)c1. The Hall–Kier alpha value is -4.32. The number of methoxy groups -OCH3 is 1. The van der Waals surface area contributed by atoms with E-state index in [0.29, 0.717) is 30.1 Å². The zero-order chi connectivity index (χ0) is 26.8. The van der Waals surface area contributed by atoms with Gasteiger partial charge in [0.15, 0.2) is 0 Å². The molecule has 0 N–H and O–H groups in total. The summed E-state index contributed by atoms with van der Waals surface area (Å²) in [5.41, 5.74) is 2.29. The van der Waals surface area contributed by atoms with Gasteiger partial charge in [-0.05, 0) is 35.9 Å². The van der Waals surface area contributed by atoms with Crippen LogP contribution < -0.4 is 15.2 Å². The number of ether oxygens (including phenoxy) is 3. The Bertz CT molecular complexity index is 1530. The van der Waals surface area contributed by atoms with Crippen molar-refractivity contribution in [3.8, 4) is 16.9 Å². The van der Waals surface area contributed by atoms with Gasteiger partial charge >= 0.3 is 12.6 Å². The molecule has 0 spiro atoms. The molecule has 0 aliphatic carbocycles. The molecule has 12 heteroatoms. The van der Waals surface area contributed by atoms with Crippen LogP contribution in [0.15, 0.2) is 53.6 Å². The number of benzene rings is 2. The molecular weight excluding hydrogens is 500 g/mol. The molecule has 1 saturated heterocycles. The largest absolute Gasteiger partial charge is 0.465 e. The van der Waals surface area contributed by atoms with Gasteiger partial charge in [0, 0.05) is 43.7 Å². The average Bonchev–Trinajstić information content (AvgIpc) is 3.18. The zero-order valence-corrected chi connectivity index (χ0v) is 20.8. The molecule has 2 aromatic carbocycles. The van der Waals surface area contributed by atoms with Crippen LogP contribution in [0.25, 0.3) is 22.0 Å². The maximum atomic E-state index is 13.1. The van der Waals surface area contributed by atoms with Crippen LogP contribution in [0.1, 0.15) is 15.9 Å². The third-order valence-corrected chi connectivity index (χ3v) is 6.45. The highest BCUT2D eigenvalue weighted by Gasteiger charge is 2.19. The van der Waals surface area contributed by atoms with Crippen molar-refractivity contribution in [2.75, 3.05) is 38.3 Å². The fourth-order valence-electron chi connectivity index (χ4n) is 4.46. The summed E-state index contributed by atoms with van der Waals surface area (Å²) < 4.78 is 44.0. The Morgan fingerprint density at radius 3 is 2.50 bits per heavy atom. The second-order valence-electron chi connectivity index (χ2n) is 8.68. The highest BCUT2D eigenvalue weighted by Crippen LogP contribution is 2.27. The predicted molar refractivity (Wildman–Crippen MR) is 135 cm³/mol. The first-order valence-corrected chi connectivity index (χ1v) is 11.9. The van der Waals surface area contributed by atoms with Gasteiger partial charge in [0.1, 0.15) is 5.75 Å². The molecule has 5 rings (SSSR count). The van der Waals surface area contributed by atoms with Gasteiger partial charge in [-0.25, -0.2) is 14.8 Å². The Kier molecular flexibility index (Phi) is 7.05. The van der Waals surface area contributed by atoms with Crippen molar-refractivity contribution in [2.24, 2.45) is 7.05 Å². The van der Waals surface area contributed by atoms with Crippen LogP contribution in [-0.2, 0) is 23.1 Å². The van der Waals surface area contributed by atoms with Crippen molar-refractivity contribution in [1.82, 2.24) is 19.3 Å². The number of rotatable bonds is 7. The standard InChI is InChI=1S/C26H25F2N5O5/c1-31-23(34)20-5-3-16(19-13-29-26(30-14-19)32-7-9-37-10-8-32)12-21(20)33(31)15-18-11-17(24(35)36-2)4-6-22(18)38-25(27)28/h3-6,11-14,25H,7-10,15H2,1-2H3. The van der Waals surface area contributed by atoms with E-state index in [1.165, 1.54) is 30.0 Å². The summed E-state index contributed by atoms with van der Waals surface area (Å²) in [5, 5.41) is 0.447. The van der Waals surface area contributed by atoms with Crippen molar-refractivity contribution < 1.29 is 27.8 Å². The van der Waals surface area contributed by atoms with Crippen molar-refractivity contribution >= 4 is 22.8 Å². The Morgan fingerprint density at radius 1 is 1.08 bits per heavy atom. The van der Waals surface area contributed by atoms with E-state index < -0.39 is 12.6 Å². The van der Waals surface area contributed by atoms with Gasteiger partial charge in [-0.2, -0.15) is 8.78 Å². The molecule has 1 aliphatic heterocycles. The topological polar surface area (TPSA) is 101 Å². The van der Waals surface area contributed by atoms with Gasteiger partial charge in [0.2, 0.25) is 5.95 Å². The van der Waals surface area contributed by atoms with E-state index >= 15 is 0 Å². The smallest absolute Gasteiger partial charge is 0.387 e. The summed E-state index contributed by atoms with van der Waals surface area (Å²) in [6.45, 7) is -0.390. The lowest BCUT2D eigenvalue weighted by Crippen LogP contribution is -2.37. The fraction of sp³-hybridized carbons (Fsp3) is 0.308. The number of morpholine rings is 1. The number of hydrogen-bond donors (Lipinski definition) is 0. The third kappa shape index (κ3) is 4.94. The summed E-state index contributed by atoms with van der Waals surface area (Å²) in [5.74, 6) is -0.110. The van der Waals surface area contributed by atoms with Crippen LogP contribution in [0, 0.1) is 0 Å². The highest BCUT2D eigenvalue weighted by molar-refractivity contribution is 5.90. The molecule has 3 heterocycles. The van der Waals surface area contributed by atoms with Crippen molar-refractivity contribution in [3.05, 3.63) is 70.3 Å². The summed E-state index contributed by atoms with van der Waals surface area (Å²) in [6.07, 6.45) is 3.44. The number of hydrogen-bond acceptors (Lipinski definition) is 8. The monoisotopic (exact) mass is 525 g/mol. The van der Waals surface area contributed by atoms with Gasteiger partial charge in [-0.15, -0.1) is 0 Å². The van der Waals surface area contributed by atoms with E-state index in [-0.39, 0.29) is 29.0 Å². The molecule has 0 bridgehead atoms. The van der Waals surface area contributed by atoms with Gasteiger partial charge in [-0.3, -0.25) is 14.2 Å². The van der Waals surface area contributed by atoms with Crippen LogP contribution in [0.5, 0.6) is 5.75 Å². The first-order valence-electron chi connectivity index (χ1n) is 11.9. The first-order chi connectivity index (χ1) is 18.4. The second kappa shape index (κ2) is 10.6. The highest BCUT2D eigenvalue weighted by atomic mass is 19.3. The predicted octanol–water partition coefficient (Wildman–Crippen LogP) is 3.07. The number of nitrogens with zero attached hydrogens (tertiary/aromatic N) is 5. The maximum Gasteiger partial charge on any atom is 0.387 e. The molecule has 0 unspecified atom stereocenters. The van der Waals surface area contributed by atoms with E-state index in [0.717, 1.165) is 24.2 Å². The summed E-state index contributed by atoms with van der Waals surface area (Å²) >= 11 is 0. The molecule has 198 valence electrons. The van der Waals surface area contributed by atoms with Crippen molar-refractivity contribution in [3.63, 3.8) is 0 Å². The van der Waals surface area contributed by atoms with Gasteiger partial charge in [0.25, 0.3) is 5.56 Å². The number of anilines is 1. The molecule has 38 heavy (non-hydrogen) atoms. The van der Waals surface area contributed by atoms with Crippen LogP contribution >= 0.6 is 0 Å². The lowest BCUT2D eigenvalue weighted by atomic mass is 10.1. The number of esters is 1. The second-order valence-corrected chi connectivity index (χ2v) is 8.68. The van der Waals surface area contributed by atoms with E-state index in [2.05, 4.69) is 14.7 Å². The number of carbonyl (C=O) groups is 1. The molecule has 1 aliphatic rings. The van der Waals surface area contributed by atoms with E-state index in [1.807, 2.05) is 17.0 Å². The van der Waals surface area contributed by atoms with Gasteiger partial charge in [-0.1, -0.05) is 6.07 Å². The Balaban J connectivity index is 1.53. The third-order valence-electron chi connectivity index (χ3n) is 6.45. The van der Waals surface area contributed by atoms with Crippen LogP contribution in [0.3, 0.4) is 0 Å². The summed E-state index contributed by atoms with van der Waals surface area (Å²) in [7, 11) is 2.81. The minimum absolute atomic E-state index is 0.0158. The Labute approximate surface area is 216 Å². The molecule has 0 amide bonds.